The van der Waals surface area contributed by atoms with Crippen molar-refractivity contribution in [2.45, 2.75) is 18.5 Å². The number of fused-ring (bicyclic) bond motifs is 2. The number of H-pyrrole nitrogens is 1. The van der Waals surface area contributed by atoms with Crippen LogP contribution >= 0.6 is 8.37 Å². The maximum atomic E-state index is 12.6. The lowest BCUT2D eigenvalue weighted by molar-refractivity contribution is -0.576. The van der Waals surface area contributed by atoms with E-state index < -0.39 is 0 Å². The Hall–Kier alpha value is -2.63. The third-order valence-corrected chi connectivity index (χ3v) is 6.53. The second kappa shape index (κ2) is 7.41. The summed E-state index contributed by atoms with van der Waals surface area (Å²) in [6, 6.07) is 12.1. The molecule has 0 radical (unpaired) electrons. The highest BCUT2D eigenvalue weighted by molar-refractivity contribution is 7.28. The maximum Gasteiger partial charge on any atom is 0.351 e. The molecule has 2 N–H and O–H groups in total. The van der Waals surface area contributed by atoms with Gasteiger partial charge in [0.2, 0.25) is 0 Å². The van der Waals surface area contributed by atoms with Crippen LogP contribution in [0.3, 0.4) is 0 Å². The first-order chi connectivity index (χ1) is 13.8. The number of nitrogens with zero attached hydrogens (tertiary/aromatic N) is 4. The Morgan fingerprint density at radius 3 is 2.96 bits per heavy atom. The number of hydrogen-bond donors (Lipinski definition) is 2. The molecule has 28 heavy (non-hydrogen) atoms. The van der Waals surface area contributed by atoms with Gasteiger partial charge in [-0.15, -0.1) is 4.52 Å². The predicted octanol–water partition coefficient (Wildman–Crippen LogP) is 2.52. The molecule has 7 nitrogen and oxygen atoms in total. The van der Waals surface area contributed by atoms with Crippen molar-refractivity contribution >= 4 is 25.9 Å². The van der Waals surface area contributed by atoms with Crippen LogP contribution in [0.25, 0.3) is 5.65 Å². The van der Waals surface area contributed by atoms with Gasteiger partial charge in [0, 0.05) is 51.3 Å². The lowest BCUT2D eigenvalue weighted by Crippen LogP contribution is -2.44. The molecule has 1 aliphatic heterocycles. The molecule has 8 heteroatoms. The number of rotatable bonds is 3. The number of piperazine rings is 1. The quantitative estimate of drug-likeness (QED) is 0.530. The minimum Gasteiger partial charge on any atom is -0.316 e. The van der Waals surface area contributed by atoms with Crippen LogP contribution in [0.5, 0.6) is 0 Å². The number of aromatic amines is 1. The number of carbonyl (C=O) groups is 1. The first-order valence-corrected chi connectivity index (χ1v) is 10.6. The third-order valence-electron chi connectivity index (χ3n) is 5.42. The van der Waals surface area contributed by atoms with Crippen molar-refractivity contribution in [3.63, 3.8) is 0 Å². The fourth-order valence-corrected chi connectivity index (χ4v) is 4.87. The zero-order valence-electron chi connectivity index (χ0n) is 15.5. The van der Waals surface area contributed by atoms with Gasteiger partial charge in [-0.3, -0.25) is 4.79 Å². The summed E-state index contributed by atoms with van der Waals surface area (Å²) in [5.41, 5.74) is 4.42. The SMILES string of the molecule is O=C(N=PC1CCc2ccccc21)c1ccc2nc(N3CCNCC3)[nH][n+]2c1. The minimum atomic E-state index is -0.182. The van der Waals surface area contributed by atoms with Gasteiger partial charge in [-0.05, 0) is 30.0 Å². The Bertz CT molecular complexity index is 1060. The van der Waals surface area contributed by atoms with Gasteiger partial charge < -0.3 is 10.2 Å². The number of anilines is 1. The van der Waals surface area contributed by atoms with E-state index in [2.05, 4.69) is 49.3 Å². The number of nitrogens with one attached hydrogen (secondary N) is 2. The largest absolute Gasteiger partial charge is 0.351 e. The predicted molar refractivity (Wildman–Crippen MR) is 108 cm³/mol. The molecule has 1 saturated heterocycles. The summed E-state index contributed by atoms with van der Waals surface area (Å²) in [6.45, 7) is 3.74. The molecule has 1 unspecified atom stereocenters. The number of aromatic nitrogens is 3. The Balaban J connectivity index is 1.35. The van der Waals surface area contributed by atoms with E-state index >= 15 is 0 Å². The summed E-state index contributed by atoms with van der Waals surface area (Å²) in [7, 11) is 0.829. The molecule has 2 aromatic heterocycles. The summed E-state index contributed by atoms with van der Waals surface area (Å²) in [5, 5.41) is 6.62. The third kappa shape index (κ3) is 3.32. The molecule has 0 spiro atoms. The summed E-state index contributed by atoms with van der Waals surface area (Å²) in [5.74, 6) is 0.655. The van der Waals surface area contributed by atoms with E-state index in [9.17, 15) is 4.79 Å². The minimum absolute atomic E-state index is 0.182. The fourth-order valence-electron chi connectivity index (χ4n) is 3.89. The first-order valence-electron chi connectivity index (χ1n) is 9.68. The number of benzene rings is 1. The van der Waals surface area contributed by atoms with Gasteiger partial charge in [0.1, 0.15) is 6.20 Å². The van der Waals surface area contributed by atoms with Gasteiger partial charge in [-0.25, -0.2) is 0 Å². The molecule has 0 bridgehead atoms. The molecule has 2 aliphatic rings. The topological polar surface area (TPSA) is 77.5 Å². The normalized spacial score (nSPS) is 19.4. The molecule has 142 valence electrons. The van der Waals surface area contributed by atoms with Gasteiger partial charge >= 0.3 is 11.6 Å². The molecule has 1 fully saturated rings. The van der Waals surface area contributed by atoms with Gasteiger partial charge in [0.15, 0.2) is 0 Å². The van der Waals surface area contributed by atoms with E-state index in [0.717, 1.165) is 59.0 Å². The molecule has 5 rings (SSSR count). The number of amides is 1. The number of hydrogen-bond acceptors (Lipinski definition) is 4. The van der Waals surface area contributed by atoms with Crippen LogP contribution in [-0.2, 0) is 6.42 Å². The van der Waals surface area contributed by atoms with E-state index in [1.165, 1.54) is 11.1 Å². The van der Waals surface area contributed by atoms with E-state index in [4.69, 9.17) is 0 Å². The first kappa shape index (κ1) is 17.5. The molecule has 1 aliphatic carbocycles. The average Bonchev–Trinajstić information content (AvgIpc) is 3.36. The van der Waals surface area contributed by atoms with E-state index in [1.807, 2.05) is 16.6 Å². The van der Waals surface area contributed by atoms with Crippen LogP contribution in [0.2, 0.25) is 0 Å². The molecule has 3 heterocycles. The van der Waals surface area contributed by atoms with Gasteiger partial charge in [0.05, 0.1) is 5.56 Å². The molecular weight excluding hydrogens is 371 g/mol. The molecule has 3 aromatic rings. The smallest absolute Gasteiger partial charge is 0.316 e. The van der Waals surface area contributed by atoms with Gasteiger partial charge in [-0.2, -0.15) is 9.84 Å². The van der Waals surface area contributed by atoms with Crippen molar-refractivity contribution in [1.82, 2.24) is 15.4 Å². The van der Waals surface area contributed by atoms with E-state index in [-0.39, 0.29) is 5.91 Å². The number of carbonyl (C=O) groups excluding carboxylic acids is 1. The second-order valence-corrected chi connectivity index (χ2v) is 8.26. The molecular formula is C20H22N6OP+. The summed E-state index contributed by atoms with van der Waals surface area (Å²) < 4.78 is 6.15. The van der Waals surface area contributed by atoms with Crippen molar-refractivity contribution < 1.29 is 9.31 Å². The monoisotopic (exact) mass is 393 g/mol. The molecule has 0 saturated carbocycles. The van der Waals surface area contributed by atoms with Crippen LogP contribution in [0.4, 0.5) is 5.95 Å². The van der Waals surface area contributed by atoms with Crippen LogP contribution in [-0.4, -0.2) is 42.2 Å². The summed E-state index contributed by atoms with van der Waals surface area (Å²) in [6.07, 6.45) is 3.92. The van der Waals surface area contributed by atoms with Crippen molar-refractivity contribution in [1.29, 1.82) is 0 Å². The van der Waals surface area contributed by atoms with Gasteiger partial charge in [-0.1, -0.05) is 24.3 Å². The van der Waals surface area contributed by atoms with Crippen LogP contribution in [0.1, 0.15) is 33.6 Å². The van der Waals surface area contributed by atoms with Crippen molar-refractivity contribution in [2.75, 3.05) is 31.1 Å². The Labute approximate surface area is 164 Å². The van der Waals surface area contributed by atoms with Crippen molar-refractivity contribution in [3.8, 4) is 0 Å². The number of pyridine rings is 1. The molecule has 1 amide bonds. The number of aryl methyl sites for hydroxylation is 1. The maximum absolute atomic E-state index is 12.6. The van der Waals surface area contributed by atoms with E-state index in [0.29, 0.717) is 11.2 Å². The van der Waals surface area contributed by atoms with Crippen LogP contribution in [0.15, 0.2) is 47.3 Å². The lowest BCUT2D eigenvalue weighted by atomic mass is 10.1. The van der Waals surface area contributed by atoms with Gasteiger partial charge in [0.25, 0.3) is 5.91 Å². The average molecular weight is 393 g/mol. The lowest BCUT2D eigenvalue weighted by Gasteiger charge is -2.23. The highest BCUT2D eigenvalue weighted by atomic mass is 31.1. The zero-order valence-corrected chi connectivity index (χ0v) is 16.4. The molecule has 1 atom stereocenters. The van der Waals surface area contributed by atoms with E-state index in [1.54, 1.807) is 6.20 Å². The second-order valence-electron chi connectivity index (χ2n) is 7.20. The standard InChI is InChI=1S/C20H21N6OP/c27-19(24-28-17-7-5-14-3-1-2-4-16(14)17)15-6-8-18-22-20(23-26(18)13-15)25-11-9-21-10-12-25/h1-4,6,8,13,17,21H,5,7,9-12H2/p+1. The van der Waals surface area contributed by atoms with Crippen molar-refractivity contribution in [3.05, 3.63) is 59.3 Å². The summed E-state index contributed by atoms with van der Waals surface area (Å²) in [4.78, 5) is 19.5. The molecule has 1 aromatic carbocycles. The highest BCUT2D eigenvalue weighted by Gasteiger charge is 2.23. The van der Waals surface area contributed by atoms with Crippen LogP contribution < -0.4 is 14.7 Å². The zero-order chi connectivity index (χ0) is 18.9. The highest BCUT2D eigenvalue weighted by Crippen LogP contribution is 2.41. The summed E-state index contributed by atoms with van der Waals surface area (Å²) >= 11 is 0. The van der Waals surface area contributed by atoms with Crippen molar-refractivity contribution in [2.24, 2.45) is 4.74 Å². The Morgan fingerprint density at radius 1 is 1.21 bits per heavy atom. The van der Waals surface area contributed by atoms with Crippen LogP contribution in [0, 0.1) is 0 Å². The fraction of sp³-hybridized carbons (Fsp3) is 0.350. The Kier molecular flexibility index (Phi) is 4.63. The Morgan fingerprint density at radius 2 is 2.07 bits per heavy atom.